The highest BCUT2D eigenvalue weighted by atomic mass is 16.7. The average molecular weight is 818 g/mol. The first-order valence-corrected chi connectivity index (χ1v) is 20.2. The first-order chi connectivity index (χ1) is 26.4. The molecule has 0 spiro atoms. The number of ketones is 1. The molecule has 3 aliphatic heterocycles. The maximum atomic E-state index is 14.3. The Kier molecular flexibility index (Phi) is 17.1. The van der Waals surface area contributed by atoms with Crippen LogP contribution in [0.25, 0.3) is 0 Å². The van der Waals surface area contributed by atoms with E-state index in [1.165, 1.54) is 41.9 Å². The molecule has 16 nitrogen and oxygen atoms in total. The second-order valence-corrected chi connectivity index (χ2v) is 17.3. The van der Waals surface area contributed by atoms with Crippen molar-refractivity contribution in [2.75, 3.05) is 34.9 Å². The van der Waals surface area contributed by atoms with E-state index in [0.717, 1.165) is 0 Å². The Morgan fingerprint density at radius 2 is 1.44 bits per heavy atom. The van der Waals surface area contributed by atoms with Crippen LogP contribution in [0.2, 0.25) is 0 Å². The van der Waals surface area contributed by atoms with Gasteiger partial charge in [0.1, 0.15) is 23.1 Å². The summed E-state index contributed by atoms with van der Waals surface area (Å²) >= 11 is 0. The maximum Gasteiger partial charge on any atom is 0.311 e. The molecule has 0 amide bonds. The van der Waals surface area contributed by atoms with Gasteiger partial charge in [-0.15, -0.1) is 0 Å². The van der Waals surface area contributed by atoms with Gasteiger partial charge in [-0.05, 0) is 68.0 Å². The Morgan fingerprint density at radius 3 is 1.96 bits per heavy atom. The molecule has 0 bridgehead atoms. The van der Waals surface area contributed by atoms with Crippen LogP contribution in [0.3, 0.4) is 0 Å². The highest BCUT2D eigenvalue weighted by Gasteiger charge is 2.55. The lowest BCUT2D eigenvalue weighted by Crippen LogP contribution is -2.61. The van der Waals surface area contributed by atoms with Crippen LogP contribution in [0.5, 0.6) is 0 Å². The number of esters is 3. The van der Waals surface area contributed by atoms with E-state index in [-0.39, 0.29) is 37.7 Å². The Bertz CT molecular complexity index is 1380. The van der Waals surface area contributed by atoms with Gasteiger partial charge in [0.25, 0.3) is 0 Å². The van der Waals surface area contributed by atoms with Gasteiger partial charge in [0.2, 0.25) is 0 Å². The summed E-state index contributed by atoms with van der Waals surface area (Å²) in [5.41, 5.74) is -4.36. The number of nitrogens with zero attached hydrogens (tertiary/aromatic N) is 1. The van der Waals surface area contributed by atoms with Crippen molar-refractivity contribution in [1.29, 1.82) is 0 Å². The molecule has 3 saturated heterocycles. The molecule has 3 heterocycles. The second-order valence-electron chi connectivity index (χ2n) is 17.3. The van der Waals surface area contributed by atoms with Gasteiger partial charge in [0, 0.05) is 52.2 Å². The zero-order chi connectivity index (χ0) is 43.4. The minimum absolute atomic E-state index is 0.0735. The number of aliphatic hydroxyl groups excluding tert-OH is 1. The molecule has 3 aliphatic rings. The number of ether oxygens (including phenoxy) is 9. The van der Waals surface area contributed by atoms with E-state index in [1.54, 1.807) is 41.5 Å². The van der Waals surface area contributed by atoms with Crippen LogP contribution in [0.1, 0.15) is 102 Å². The van der Waals surface area contributed by atoms with Crippen molar-refractivity contribution in [3.8, 4) is 0 Å². The molecule has 0 saturated carbocycles. The van der Waals surface area contributed by atoms with Crippen molar-refractivity contribution >= 4 is 23.7 Å². The topological polar surface area (TPSA) is 195 Å². The third-order valence-electron chi connectivity index (χ3n) is 12.6. The van der Waals surface area contributed by atoms with E-state index in [2.05, 4.69) is 0 Å². The molecular formula is C41H71NO15. The van der Waals surface area contributed by atoms with Gasteiger partial charge in [0.15, 0.2) is 24.8 Å². The molecule has 0 aromatic rings. The Hall–Kier alpha value is -2.28. The molecule has 3 fully saturated rings. The lowest BCUT2D eigenvalue weighted by molar-refractivity contribution is -0.315. The molecule has 57 heavy (non-hydrogen) atoms. The molecule has 0 aliphatic carbocycles. The minimum Gasteiger partial charge on any atom is -0.459 e. The zero-order valence-corrected chi connectivity index (χ0v) is 36.8. The van der Waals surface area contributed by atoms with Crippen LogP contribution in [-0.2, 0) is 61.8 Å². The Morgan fingerprint density at radius 1 is 0.860 bits per heavy atom. The monoisotopic (exact) mass is 817 g/mol. The molecule has 0 aromatic carbocycles. The quantitative estimate of drug-likeness (QED) is 0.241. The summed E-state index contributed by atoms with van der Waals surface area (Å²) < 4.78 is 56.0. The number of aliphatic hydroxyl groups is 2. The van der Waals surface area contributed by atoms with Crippen LogP contribution in [0, 0.1) is 23.7 Å². The number of likely N-dealkylation sites (N-methyl/N-ethyl adjacent to an activating group) is 1. The van der Waals surface area contributed by atoms with Crippen LogP contribution in [0.15, 0.2) is 0 Å². The molecule has 16 heteroatoms. The fourth-order valence-corrected chi connectivity index (χ4v) is 9.06. The summed E-state index contributed by atoms with van der Waals surface area (Å²) in [5.74, 6) is -5.73. The Balaban J connectivity index is 2.26. The molecule has 0 aromatic heterocycles. The number of hydrogen-bond acceptors (Lipinski definition) is 16. The van der Waals surface area contributed by atoms with Crippen LogP contribution in [0.4, 0.5) is 0 Å². The molecule has 330 valence electrons. The van der Waals surface area contributed by atoms with Crippen LogP contribution in [-0.4, -0.2) is 152 Å². The standard InChI is InChI=1S/C41H71NO15/c1-16-29-41(11,48)34(46)22(3)31(45)21(2)19-39(9,49-14)35(57-38-33(53-26(7)43)28(42(12)13)17-18-51-38)23(4)32(24(5)37(47)55-29)56-30-20-40(10,50-15)36(25(6)52-30)54-27(8)44/h21-25,28-30,32-36,38,46,48H,16-20H2,1-15H3/t21-,22+,23+,24-,25+,28+,29-,30+,32+,33-,34-,35?,36+,38+,39-,40-,41-/m1/s1. The highest BCUT2D eigenvalue weighted by Crippen LogP contribution is 2.42. The molecule has 0 radical (unpaired) electrons. The summed E-state index contributed by atoms with van der Waals surface area (Å²) in [7, 11) is 6.74. The van der Waals surface area contributed by atoms with E-state index in [1.807, 2.05) is 25.9 Å². The van der Waals surface area contributed by atoms with Crippen molar-refractivity contribution in [2.45, 2.75) is 180 Å². The summed E-state index contributed by atoms with van der Waals surface area (Å²) in [5, 5.41) is 23.2. The summed E-state index contributed by atoms with van der Waals surface area (Å²) in [6.07, 6.45) is -8.45. The van der Waals surface area contributed by atoms with Crippen LogP contribution < -0.4 is 0 Å². The summed E-state index contributed by atoms with van der Waals surface area (Å²) in [6.45, 7) is 18.0. The average Bonchev–Trinajstić information content (AvgIpc) is 3.14. The van der Waals surface area contributed by atoms with Gasteiger partial charge in [-0.3, -0.25) is 19.2 Å². The van der Waals surface area contributed by atoms with Crippen molar-refractivity contribution in [3.63, 3.8) is 0 Å². The van der Waals surface area contributed by atoms with Gasteiger partial charge in [-0.2, -0.15) is 0 Å². The first kappa shape index (κ1) is 49.1. The SMILES string of the molecule is CC[C@H]1OC(=O)[C@H](C)[C@@H](O[C@H]2C[C@@](C)(OC)[C@@H](OC(C)=O)[C@H](C)O2)[C@H](C)C(O[C@@H]2OCC[C@H](N(C)C)[C@H]2OC(C)=O)[C@](C)(OC)C[C@@H](C)C(=O)[C@H](C)[C@@H](O)[C@]1(C)O. The van der Waals surface area contributed by atoms with Crippen molar-refractivity contribution in [3.05, 3.63) is 0 Å². The van der Waals surface area contributed by atoms with E-state index in [9.17, 15) is 29.4 Å². The van der Waals surface area contributed by atoms with Crippen molar-refractivity contribution in [1.82, 2.24) is 4.90 Å². The number of carbonyl (C=O) groups is 4. The molecule has 3 rings (SSSR count). The number of rotatable bonds is 10. The predicted octanol–water partition coefficient (Wildman–Crippen LogP) is 3.19. The van der Waals surface area contributed by atoms with E-state index in [0.29, 0.717) is 6.42 Å². The van der Waals surface area contributed by atoms with Gasteiger partial charge in [0.05, 0.1) is 48.6 Å². The first-order valence-electron chi connectivity index (χ1n) is 20.2. The smallest absolute Gasteiger partial charge is 0.311 e. The van der Waals surface area contributed by atoms with E-state index < -0.39 is 114 Å². The molecule has 2 N–H and O–H groups in total. The minimum atomic E-state index is -2.00. The van der Waals surface area contributed by atoms with E-state index >= 15 is 0 Å². The molecule has 1 unspecified atom stereocenters. The lowest BCUT2D eigenvalue weighted by atomic mass is 9.74. The van der Waals surface area contributed by atoms with Gasteiger partial charge >= 0.3 is 17.9 Å². The second kappa shape index (κ2) is 19.9. The van der Waals surface area contributed by atoms with Crippen LogP contribution >= 0.6 is 0 Å². The number of carbonyl (C=O) groups excluding carboxylic acids is 4. The fraction of sp³-hybridized carbons (Fsp3) is 0.902. The lowest BCUT2D eigenvalue weighted by Gasteiger charge is -2.50. The van der Waals surface area contributed by atoms with Gasteiger partial charge in [-0.1, -0.05) is 27.7 Å². The maximum absolute atomic E-state index is 14.3. The normalized spacial score (nSPS) is 44.2. The third-order valence-corrected chi connectivity index (χ3v) is 12.6. The fourth-order valence-electron chi connectivity index (χ4n) is 9.06. The zero-order valence-electron chi connectivity index (χ0n) is 36.8. The predicted molar refractivity (Wildman–Crippen MR) is 206 cm³/mol. The highest BCUT2D eigenvalue weighted by molar-refractivity contribution is 5.83. The number of hydrogen-bond donors (Lipinski definition) is 2. The summed E-state index contributed by atoms with van der Waals surface area (Å²) in [6, 6.07) is -0.271. The van der Waals surface area contributed by atoms with Gasteiger partial charge < -0.3 is 57.7 Å². The van der Waals surface area contributed by atoms with Gasteiger partial charge in [-0.25, -0.2) is 0 Å². The molecule has 17 atom stereocenters. The van der Waals surface area contributed by atoms with Crippen molar-refractivity contribution < 1.29 is 72.0 Å². The molecular weight excluding hydrogens is 746 g/mol. The number of Topliss-reactive ketones (excluding diaryl/α,β-unsaturated/α-hetero) is 1. The number of methoxy groups -OCH3 is 2. The largest absolute Gasteiger partial charge is 0.459 e. The number of cyclic esters (lactones) is 1. The van der Waals surface area contributed by atoms with E-state index in [4.69, 9.17) is 42.6 Å². The summed E-state index contributed by atoms with van der Waals surface area (Å²) in [4.78, 5) is 54.9. The Labute approximate surface area is 338 Å². The van der Waals surface area contributed by atoms with Crippen molar-refractivity contribution in [2.24, 2.45) is 23.7 Å². The third kappa shape index (κ3) is 11.1.